The van der Waals surface area contributed by atoms with Crippen LogP contribution in [-0.4, -0.2) is 78.3 Å². The monoisotopic (exact) mass is 826 g/mol. The lowest BCUT2D eigenvalue weighted by atomic mass is 9.86. The minimum Gasteiger partial charge on any atom is -0.506 e. The summed E-state index contributed by atoms with van der Waals surface area (Å²) in [5.74, 6) is -0.844. The van der Waals surface area contributed by atoms with Gasteiger partial charge in [-0.15, -0.1) is 0 Å². The number of carbonyl (C=O) groups excluding carboxylic acids is 3. The molecule has 314 valence electrons. The third-order valence-corrected chi connectivity index (χ3v) is 10.9. The Labute approximate surface area is 343 Å². The number of amides is 1. The molecule has 60 heavy (non-hydrogen) atoms. The molecule has 3 fully saturated rings. The number of piperidine rings is 3. The van der Waals surface area contributed by atoms with Crippen LogP contribution in [0.2, 0.25) is 0 Å². The van der Waals surface area contributed by atoms with Crippen molar-refractivity contribution in [2.24, 2.45) is 5.92 Å². The molecule has 1 aromatic heterocycles. The molecule has 0 spiro atoms. The van der Waals surface area contributed by atoms with E-state index in [0.29, 0.717) is 47.6 Å². The lowest BCUT2D eigenvalue weighted by molar-refractivity contribution is -0.138. The summed E-state index contributed by atoms with van der Waals surface area (Å²) in [7, 11) is 0. The molecule has 2 atom stereocenters. The zero-order valence-corrected chi connectivity index (χ0v) is 32.6. The van der Waals surface area contributed by atoms with E-state index in [1.165, 1.54) is 30.3 Å². The molecule has 5 aromatic rings. The topological polar surface area (TPSA) is 159 Å². The number of nitrogens with zero attached hydrogens (tertiary/aromatic N) is 1. The number of aromatic amines is 1. The van der Waals surface area contributed by atoms with Crippen LogP contribution < -0.4 is 20.9 Å². The quantitative estimate of drug-likeness (QED) is 0.0457. The Hall–Kier alpha value is -6.19. The maximum atomic E-state index is 14.2. The van der Waals surface area contributed by atoms with Crippen molar-refractivity contribution in [1.82, 2.24) is 20.5 Å². The van der Waals surface area contributed by atoms with E-state index >= 15 is 0 Å². The predicted molar refractivity (Wildman–Crippen MR) is 216 cm³/mol. The molecule has 0 radical (unpaired) electrons. The minimum atomic E-state index is -4.85. The summed E-state index contributed by atoms with van der Waals surface area (Å²) in [6.45, 7) is 2.70. The number of ketones is 1. The molecule has 15 heteroatoms. The SMILES string of the molecule is O=C(N[C@@H](c1ccccc1)c1cccc(OCc2ccc(C(=O)OCCCCNCC(=O)c3ccc(O)c4[nH]c(=O)ccc34)c(C(F)(F)F)c2)c1)O[C@H]1CN2CCC1CC2. The van der Waals surface area contributed by atoms with Gasteiger partial charge in [0.15, 0.2) is 5.78 Å². The number of hydrogen-bond acceptors (Lipinski definition) is 10. The predicted octanol–water partition coefficient (Wildman–Crippen LogP) is 7.15. The van der Waals surface area contributed by atoms with Gasteiger partial charge in [0.25, 0.3) is 0 Å². The lowest BCUT2D eigenvalue weighted by Gasteiger charge is -2.43. The molecule has 0 unspecified atom stereocenters. The highest BCUT2D eigenvalue weighted by molar-refractivity contribution is 6.09. The number of ether oxygens (including phenoxy) is 3. The fraction of sp³-hybridized carbons (Fsp3) is 0.333. The van der Waals surface area contributed by atoms with Crippen molar-refractivity contribution in [3.63, 3.8) is 0 Å². The van der Waals surface area contributed by atoms with Crippen LogP contribution in [-0.2, 0) is 22.3 Å². The van der Waals surface area contributed by atoms with Crippen molar-refractivity contribution in [2.75, 3.05) is 39.3 Å². The van der Waals surface area contributed by atoms with Crippen molar-refractivity contribution >= 4 is 28.7 Å². The number of alkyl carbamates (subject to hydrolysis) is 1. The average Bonchev–Trinajstić information content (AvgIpc) is 3.25. The number of halogens is 3. The Morgan fingerprint density at radius 2 is 1.65 bits per heavy atom. The number of phenols is 1. The number of alkyl halides is 3. The van der Waals surface area contributed by atoms with Gasteiger partial charge >= 0.3 is 18.2 Å². The normalized spacial score (nSPS) is 17.8. The molecule has 3 aliphatic rings. The van der Waals surface area contributed by atoms with Crippen molar-refractivity contribution < 1.29 is 46.9 Å². The zero-order valence-electron chi connectivity index (χ0n) is 32.6. The number of carbonyl (C=O) groups is 3. The van der Waals surface area contributed by atoms with Crippen LogP contribution in [0.25, 0.3) is 10.9 Å². The highest BCUT2D eigenvalue weighted by Crippen LogP contribution is 2.34. The molecule has 4 heterocycles. The number of aromatic nitrogens is 1. The largest absolute Gasteiger partial charge is 0.506 e. The van der Waals surface area contributed by atoms with E-state index in [0.717, 1.165) is 50.2 Å². The molecule has 4 N–H and O–H groups in total. The number of pyridine rings is 1. The molecule has 3 saturated heterocycles. The summed E-state index contributed by atoms with van der Waals surface area (Å²) < 4.78 is 59.7. The number of aromatic hydroxyl groups is 1. The Kier molecular flexibility index (Phi) is 13.2. The molecular formula is C45H45F3N4O8. The number of fused-ring (bicyclic) bond motifs is 4. The number of nitrogens with one attached hydrogen (secondary N) is 3. The summed E-state index contributed by atoms with van der Waals surface area (Å²) in [5, 5.41) is 16.4. The van der Waals surface area contributed by atoms with Gasteiger partial charge in [-0.3, -0.25) is 14.5 Å². The summed E-state index contributed by atoms with van der Waals surface area (Å²) in [6, 6.07) is 24.6. The Morgan fingerprint density at radius 3 is 2.40 bits per heavy atom. The van der Waals surface area contributed by atoms with Crippen LogP contribution in [0.5, 0.6) is 11.5 Å². The number of esters is 1. The smallest absolute Gasteiger partial charge is 0.417 e. The van der Waals surface area contributed by atoms with E-state index in [1.54, 1.807) is 18.2 Å². The number of hydrogen-bond donors (Lipinski definition) is 4. The second kappa shape index (κ2) is 18.8. The Morgan fingerprint density at radius 1 is 0.883 bits per heavy atom. The molecule has 12 nitrogen and oxygen atoms in total. The summed E-state index contributed by atoms with van der Waals surface area (Å²) >= 11 is 0. The number of phenolic OH excluding ortho intramolecular Hbond substituents is 1. The highest BCUT2D eigenvalue weighted by Gasteiger charge is 2.38. The van der Waals surface area contributed by atoms with Crippen molar-refractivity contribution in [3.05, 3.63) is 141 Å². The summed E-state index contributed by atoms with van der Waals surface area (Å²) in [6.07, 6.45) is -2.78. The first-order chi connectivity index (χ1) is 28.9. The van der Waals surface area contributed by atoms with Crippen molar-refractivity contribution in [3.8, 4) is 11.5 Å². The molecular weight excluding hydrogens is 782 g/mol. The van der Waals surface area contributed by atoms with Gasteiger partial charge in [-0.25, -0.2) is 9.59 Å². The standard InChI is InChI=1S/C45H45F3N4O8/c46-45(47,48)36-23-28(11-12-35(36)43(56)58-22-5-4-19-49-25-38(54)33-13-15-37(53)42-34(33)14-16-40(55)50-42)27-59-32-10-6-9-31(24-32)41(30-7-2-1-3-8-30)51-44(57)60-39-26-52-20-17-29(39)18-21-52/h1-3,6-16,23-24,29,39,41,49,53H,4-5,17-22,25-27H2,(H,50,55)(H,51,57)/t39-,41-/m0/s1. The third-order valence-electron chi connectivity index (χ3n) is 10.9. The summed E-state index contributed by atoms with van der Waals surface area (Å²) in [5.41, 5.74) is -0.0442. The first-order valence-electron chi connectivity index (χ1n) is 19.9. The van der Waals surface area contributed by atoms with Crippen LogP contribution in [0.1, 0.15) is 74.7 Å². The van der Waals surface area contributed by atoms with Crippen LogP contribution in [0.4, 0.5) is 18.0 Å². The van der Waals surface area contributed by atoms with E-state index in [-0.39, 0.29) is 48.5 Å². The summed E-state index contributed by atoms with van der Waals surface area (Å²) in [4.78, 5) is 55.3. The van der Waals surface area contributed by atoms with Gasteiger partial charge in [-0.1, -0.05) is 48.5 Å². The fourth-order valence-electron chi connectivity index (χ4n) is 7.75. The first kappa shape index (κ1) is 42.0. The second-order valence-corrected chi connectivity index (χ2v) is 15.0. The maximum Gasteiger partial charge on any atom is 0.417 e. The van der Waals surface area contributed by atoms with Gasteiger partial charge in [0.1, 0.15) is 24.2 Å². The molecule has 0 aliphatic carbocycles. The minimum absolute atomic E-state index is 0.0448. The van der Waals surface area contributed by atoms with E-state index in [9.17, 15) is 37.5 Å². The molecule has 0 saturated carbocycles. The van der Waals surface area contributed by atoms with Crippen LogP contribution in [0.3, 0.4) is 0 Å². The fourth-order valence-corrected chi connectivity index (χ4v) is 7.75. The van der Waals surface area contributed by atoms with Gasteiger partial charge in [0.05, 0.1) is 35.8 Å². The van der Waals surface area contributed by atoms with Crippen molar-refractivity contribution in [2.45, 2.75) is 50.6 Å². The number of rotatable bonds is 16. The van der Waals surface area contributed by atoms with Gasteiger partial charge in [0, 0.05) is 23.6 Å². The molecule has 3 aliphatic heterocycles. The number of H-pyrrole nitrogens is 1. The third kappa shape index (κ3) is 10.3. The number of benzene rings is 4. The molecule has 4 aromatic carbocycles. The van der Waals surface area contributed by atoms with Gasteiger partial charge in [0.2, 0.25) is 5.56 Å². The lowest BCUT2D eigenvalue weighted by Crippen LogP contribution is -2.52. The second-order valence-electron chi connectivity index (χ2n) is 15.0. The van der Waals surface area contributed by atoms with E-state index < -0.39 is 41.0 Å². The van der Waals surface area contributed by atoms with E-state index in [4.69, 9.17) is 14.2 Å². The van der Waals surface area contributed by atoms with Gasteiger partial charge in [-0.2, -0.15) is 13.2 Å². The highest BCUT2D eigenvalue weighted by atomic mass is 19.4. The molecule has 8 rings (SSSR count). The number of unbranched alkanes of at least 4 members (excludes halogenated alkanes) is 1. The van der Waals surface area contributed by atoms with E-state index in [2.05, 4.69) is 20.5 Å². The molecule has 2 bridgehead atoms. The first-order valence-corrected chi connectivity index (χ1v) is 19.9. The van der Waals surface area contributed by atoms with Gasteiger partial charge < -0.3 is 34.9 Å². The Bertz CT molecular complexity index is 2380. The van der Waals surface area contributed by atoms with Crippen LogP contribution in [0.15, 0.2) is 102 Å². The van der Waals surface area contributed by atoms with Gasteiger partial charge in [-0.05, 0) is 110 Å². The zero-order chi connectivity index (χ0) is 42.2. The van der Waals surface area contributed by atoms with Crippen molar-refractivity contribution in [1.29, 1.82) is 0 Å². The number of Topliss-reactive ketones (excluding diaryl/α,β-unsaturated/α-hetero) is 1. The average molecular weight is 827 g/mol. The molecule has 1 amide bonds. The van der Waals surface area contributed by atoms with Crippen LogP contribution in [0, 0.1) is 5.92 Å². The maximum absolute atomic E-state index is 14.2. The Balaban J connectivity index is 0.912. The van der Waals surface area contributed by atoms with Crippen LogP contribution >= 0.6 is 0 Å². The van der Waals surface area contributed by atoms with E-state index in [1.807, 2.05) is 36.4 Å².